The largest absolute Gasteiger partial charge is 0.457 e. The second kappa shape index (κ2) is 9.73. The van der Waals surface area contributed by atoms with Crippen LogP contribution in [0, 0.1) is 0 Å². The molecule has 0 aromatic heterocycles. The number of likely N-dealkylation sites (N-methyl/N-ethyl adjacent to an activating group) is 1. The number of para-hydroxylation sites is 1. The van der Waals surface area contributed by atoms with Gasteiger partial charge in [-0.1, -0.05) is 18.2 Å². The van der Waals surface area contributed by atoms with E-state index < -0.39 is 18.5 Å². The van der Waals surface area contributed by atoms with Crippen molar-refractivity contribution < 1.29 is 23.9 Å². The predicted octanol–water partition coefficient (Wildman–Crippen LogP) is 3.01. The third-order valence-electron chi connectivity index (χ3n) is 3.72. The highest BCUT2D eigenvalue weighted by Crippen LogP contribution is 2.21. The molecule has 7 heteroatoms. The Morgan fingerprint density at radius 1 is 0.931 bits per heavy atom. The topological polar surface area (TPSA) is 84.9 Å². The quantitative estimate of drug-likeness (QED) is 0.725. The maximum atomic E-state index is 12.1. The molecule has 0 radical (unpaired) electrons. The third kappa shape index (κ3) is 7.65. The van der Waals surface area contributed by atoms with Crippen LogP contribution in [-0.4, -0.2) is 48.4 Å². The molecule has 2 amide bonds. The van der Waals surface area contributed by atoms with E-state index in [0.717, 1.165) is 0 Å². The molecular weight excluding hydrogens is 372 g/mol. The summed E-state index contributed by atoms with van der Waals surface area (Å²) in [6.07, 6.45) is 0. The number of ether oxygens (including phenoxy) is 2. The molecule has 29 heavy (non-hydrogen) atoms. The van der Waals surface area contributed by atoms with Gasteiger partial charge in [-0.3, -0.25) is 9.59 Å². The Bertz CT molecular complexity index is 842. The van der Waals surface area contributed by atoms with Gasteiger partial charge in [0, 0.05) is 12.6 Å². The second-order valence-electron chi connectivity index (χ2n) is 7.56. The van der Waals surface area contributed by atoms with Crippen LogP contribution in [0.2, 0.25) is 0 Å². The molecule has 0 aliphatic rings. The van der Waals surface area contributed by atoms with Crippen LogP contribution in [-0.2, 0) is 14.3 Å². The normalized spacial score (nSPS) is 10.8. The maximum absolute atomic E-state index is 12.1. The number of nitrogens with zero attached hydrogens (tertiary/aromatic N) is 1. The number of esters is 1. The molecule has 0 atom stereocenters. The van der Waals surface area contributed by atoms with Crippen molar-refractivity contribution in [1.29, 1.82) is 0 Å². The first-order valence-electron chi connectivity index (χ1n) is 9.19. The summed E-state index contributed by atoms with van der Waals surface area (Å²) < 4.78 is 10.7. The van der Waals surface area contributed by atoms with Crippen LogP contribution < -0.4 is 10.1 Å². The van der Waals surface area contributed by atoms with Crippen molar-refractivity contribution in [2.75, 3.05) is 20.2 Å². The summed E-state index contributed by atoms with van der Waals surface area (Å²) in [5, 5.41) is 2.77. The summed E-state index contributed by atoms with van der Waals surface area (Å²) in [5.74, 6) is -0.113. The molecule has 2 aromatic rings. The van der Waals surface area contributed by atoms with Gasteiger partial charge in [0.1, 0.15) is 11.5 Å². The molecule has 0 saturated carbocycles. The molecule has 2 rings (SSSR count). The zero-order chi connectivity index (χ0) is 21.4. The summed E-state index contributed by atoms with van der Waals surface area (Å²) in [5.41, 5.74) is -0.0876. The van der Waals surface area contributed by atoms with E-state index in [1.54, 1.807) is 24.3 Å². The Morgan fingerprint density at radius 2 is 1.52 bits per heavy atom. The molecule has 0 aliphatic heterocycles. The lowest BCUT2D eigenvalue weighted by Gasteiger charge is -2.23. The molecule has 0 saturated heterocycles. The van der Waals surface area contributed by atoms with Crippen molar-refractivity contribution in [3.63, 3.8) is 0 Å². The smallest absolute Gasteiger partial charge is 0.338 e. The van der Waals surface area contributed by atoms with Gasteiger partial charge in [0.25, 0.3) is 5.91 Å². The molecular formula is C22H26N2O5. The lowest BCUT2D eigenvalue weighted by atomic mass is 10.1. The zero-order valence-corrected chi connectivity index (χ0v) is 17.1. The van der Waals surface area contributed by atoms with E-state index in [1.807, 2.05) is 51.1 Å². The molecule has 1 N–H and O–H groups in total. The first-order chi connectivity index (χ1) is 13.6. The highest BCUT2D eigenvalue weighted by atomic mass is 16.5. The number of amides is 2. The first kappa shape index (κ1) is 21.9. The van der Waals surface area contributed by atoms with E-state index in [1.165, 1.54) is 11.9 Å². The van der Waals surface area contributed by atoms with E-state index in [-0.39, 0.29) is 18.0 Å². The summed E-state index contributed by atoms with van der Waals surface area (Å²) in [4.78, 5) is 37.3. The minimum Gasteiger partial charge on any atom is -0.457 e. The molecule has 0 heterocycles. The van der Waals surface area contributed by atoms with E-state index in [2.05, 4.69) is 5.32 Å². The van der Waals surface area contributed by atoms with Gasteiger partial charge in [-0.25, -0.2) is 4.79 Å². The van der Waals surface area contributed by atoms with E-state index in [9.17, 15) is 14.4 Å². The van der Waals surface area contributed by atoms with Crippen LogP contribution in [0.15, 0.2) is 54.6 Å². The van der Waals surface area contributed by atoms with Crippen LogP contribution in [0.3, 0.4) is 0 Å². The van der Waals surface area contributed by atoms with Gasteiger partial charge >= 0.3 is 5.97 Å². The fourth-order valence-corrected chi connectivity index (χ4v) is 2.37. The minimum atomic E-state index is -0.628. The minimum absolute atomic E-state index is 0.112. The number of carbonyl (C=O) groups is 3. The highest BCUT2D eigenvalue weighted by Gasteiger charge is 2.19. The number of hydrogen-bond acceptors (Lipinski definition) is 5. The van der Waals surface area contributed by atoms with Crippen molar-refractivity contribution in [2.45, 2.75) is 26.3 Å². The fourth-order valence-electron chi connectivity index (χ4n) is 2.37. The molecule has 0 bridgehead atoms. The monoisotopic (exact) mass is 398 g/mol. The Hall–Kier alpha value is -3.35. The first-order valence-corrected chi connectivity index (χ1v) is 9.19. The van der Waals surface area contributed by atoms with Gasteiger partial charge in [0.15, 0.2) is 6.61 Å². The Labute approximate surface area is 170 Å². The molecule has 7 nitrogen and oxygen atoms in total. The Balaban J connectivity index is 1.82. The summed E-state index contributed by atoms with van der Waals surface area (Å²) in [6.45, 7) is 5.00. The molecule has 154 valence electrons. The summed E-state index contributed by atoms with van der Waals surface area (Å²) in [7, 11) is 1.48. The average Bonchev–Trinajstić information content (AvgIpc) is 2.65. The molecule has 0 unspecified atom stereocenters. The SMILES string of the molecule is CN(CC(=O)NC(C)(C)C)C(=O)COC(=O)c1ccc(Oc2ccccc2)cc1. The Morgan fingerprint density at radius 3 is 2.10 bits per heavy atom. The van der Waals surface area contributed by atoms with Crippen LogP contribution in [0.1, 0.15) is 31.1 Å². The summed E-state index contributed by atoms with van der Waals surface area (Å²) in [6, 6.07) is 15.7. The van der Waals surface area contributed by atoms with Crippen LogP contribution in [0.25, 0.3) is 0 Å². The molecule has 2 aromatic carbocycles. The highest BCUT2D eigenvalue weighted by molar-refractivity contribution is 5.92. The zero-order valence-electron chi connectivity index (χ0n) is 17.1. The van der Waals surface area contributed by atoms with E-state index >= 15 is 0 Å². The summed E-state index contributed by atoms with van der Waals surface area (Å²) >= 11 is 0. The third-order valence-corrected chi connectivity index (χ3v) is 3.72. The van der Waals surface area contributed by atoms with Crippen molar-refractivity contribution in [3.05, 3.63) is 60.2 Å². The van der Waals surface area contributed by atoms with Crippen molar-refractivity contribution >= 4 is 17.8 Å². The number of rotatable bonds is 7. The van der Waals surface area contributed by atoms with Gasteiger partial charge in [0.05, 0.1) is 12.1 Å². The number of benzene rings is 2. The van der Waals surface area contributed by atoms with E-state index in [4.69, 9.17) is 9.47 Å². The van der Waals surface area contributed by atoms with Gasteiger partial charge in [-0.15, -0.1) is 0 Å². The molecule has 0 fully saturated rings. The Kier molecular flexibility index (Phi) is 7.36. The average molecular weight is 398 g/mol. The maximum Gasteiger partial charge on any atom is 0.338 e. The van der Waals surface area contributed by atoms with Gasteiger partial charge in [-0.2, -0.15) is 0 Å². The van der Waals surface area contributed by atoms with Crippen LogP contribution in [0.4, 0.5) is 0 Å². The standard InChI is InChI=1S/C22H26N2O5/c1-22(2,3)23-19(25)14-24(4)20(26)15-28-21(27)16-10-12-18(13-11-16)29-17-8-6-5-7-9-17/h5-13H,14-15H2,1-4H3,(H,23,25). The predicted molar refractivity (Wildman–Crippen MR) is 109 cm³/mol. The van der Waals surface area contributed by atoms with Gasteiger partial charge in [-0.05, 0) is 57.2 Å². The van der Waals surface area contributed by atoms with Crippen molar-refractivity contribution in [1.82, 2.24) is 10.2 Å². The van der Waals surface area contributed by atoms with Gasteiger partial charge < -0.3 is 19.7 Å². The van der Waals surface area contributed by atoms with E-state index in [0.29, 0.717) is 17.1 Å². The molecule has 0 spiro atoms. The fraction of sp³-hybridized carbons (Fsp3) is 0.318. The van der Waals surface area contributed by atoms with Gasteiger partial charge in [0.2, 0.25) is 5.91 Å². The van der Waals surface area contributed by atoms with Crippen molar-refractivity contribution in [3.8, 4) is 11.5 Å². The number of carbonyl (C=O) groups excluding carboxylic acids is 3. The number of nitrogens with one attached hydrogen (secondary N) is 1. The van der Waals surface area contributed by atoms with Crippen LogP contribution in [0.5, 0.6) is 11.5 Å². The van der Waals surface area contributed by atoms with Crippen molar-refractivity contribution in [2.24, 2.45) is 0 Å². The number of hydrogen-bond donors (Lipinski definition) is 1. The second-order valence-corrected chi connectivity index (χ2v) is 7.56. The lowest BCUT2D eigenvalue weighted by molar-refractivity contribution is -0.137. The van der Waals surface area contributed by atoms with Crippen LogP contribution >= 0.6 is 0 Å². The molecule has 0 aliphatic carbocycles. The lowest BCUT2D eigenvalue weighted by Crippen LogP contribution is -2.46.